The zero-order chi connectivity index (χ0) is 15.3. The molecule has 2 heteroatoms. The van der Waals surface area contributed by atoms with E-state index in [1.165, 1.54) is 64.2 Å². The van der Waals surface area contributed by atoms with Gasteiger partial charge in [-0.15, -0.1) is 0 Å². The van der Waals surface area contributed by atoms with Crippen LogP contribution in [0.1, 0.15) is 85.0 Å². The minimum Gasteiger partial charge on any atom is -0.375 e. The molecule has 1 radical (unpaired) electrons. The van der Waals surface area contributed by atoms with Gasteiger partial charge >= 0.3 is 0 Å². The number of hydrogen-bond donors (Lipinski definition) is 0. The van der Waals surface area contributed by atoms with Crippen molar-refractivity contribution in [2.24, 2.45) is 11.8 Å². The Morgan fingerprint density at radius 1 is 0.952 bits per heavy atom. The summed E-state index contributed by atoms with van der Waals surface area (Å²) in [5.74, 6) is 1.71. The minimum absolute atomic E-state index is 0.407. The molecule has 1 aliphatic rings. The molecule has 0 aliphatic carbocycles. The van der Waals surface area contributed by atoms with Crippen molar-refractivity contribution in [3.05, 3.63) is 0 Å². The van der Waals surface area contributed by atoms with Crippen molar-refractivity contribution in [1.29, 1.82) is 0 Å². The van der Waals surface area contributed by atoms with Crippen molar-refractivity contribution in [3.8, 4) is 0 Å². The molecule has 0 aromatic carbocycles. The molecule has 1 heterocycles. The molecular weight excluding hydrogens is 258 g/mol. The van der Waals surface area contributed by atoms with Gasteiger partial charge in [-0.1, -0.05) is 78.6 Å². The molecule has 0 aromatic rings. The average Bonchev–Trinajstić information content (AvgIpc) is 2.48. The van der Waals surface area contributed by atoms with E-state index in [0.717, 1.165) is 31.5 Å². The average molecular weight is 297 g/mol. The Labute approximate surface area is 133 Å². The van der Waals surface area contributed by atoms with Crippen molar-refractivity contribution >= 4 is 0 Å². The van der Waals surface area contributed by atoms with Crippen LogP contribution in [0, 0.1) is 11.8 Å². The topological polar surface area (TPSA) is 23.3 Å². The third-order valence-corrected chi connectivity index (χ3v) is 4.80. The first-order valence-corrected chi connectivity index (χ1v) is 9.47. The first kappa shape index (κ1) is 19.0. The van der Waals surface area contributed by atoms with E-state index in [9.17, 15) is 0 Å². The van der Waals surface area contributed by atoms with Crippen LogP contribution in [0.4, 0.5) is 0 Å². The van der Waals surface area contributed by atoms with Gasteiger partial charge in [0.05, 0.1) is 12.7 Å². The quantitative estimate of drug-likeness (QED) is 0.455. The summed E-state index contributed by atoms with van der Waals surface area (Å²) in [4.78, 5) is 0. The highest BCUT2D eigenvalue weighted by molar-refractivity contribution is 4.70. The number of unbranched alkanes of at least 4 members (excludes halogenated alkanes) is 4. The number of nitrogens with zero attached hydrogens (tertiary/aromatic N) is 1. The maximum Gasteiger partial charge on any atom is 0.0719 e. The summed E-state index contributed by atoms with van der Waals surface area (Å²) in [6.45, 7) is 9.78. The lowest BCUT2D eigenvalue weighted by Crippen LogP contribution is -2.35. The van der Waals surface area contributed by atoms with Crippen molar-refractivity contribution in [1.82, 2.24) is 5.32 Å². The zero-order valence-electron chi connectivity index (χ0n) is 14.8. The number of morpholine rings is 1. The van der Waals surface area contributed by atoms with Gasteiger partial charge in [0.15, 0.2) is 0 Å². The summed E-state index contributed by atoms with van der Waals surface area (Å²) in [6.07, 6.45) is 14.3. The van der Waals surface area contributed by atoms with Crippen LogP contribution in [0.15, 0.2) is 0 Å². The van der Waals surface area contributed by atoms with Gasteiger partial charge in [-0.05, 0) is 18.3 Å². The molecule has 0 aromatic heterocycles. The van der Waals surface area contributed by atoms with Gasteiger partial charge in [0.2, 0.25) is 0 Å². The van der Waals surface area contributed by atoms with Crippen molar-refractivity contribution in [3.63, 3.8) is 0 Å². The molecule has 1 saturated heterocycles. The van der Waals surface area contributed by atoms with Gasteiger partial charge in [-0.25, -0.2) is 5.32 Å². The maximum absolute atomic E-state index is 5.77. The Morgan fingerprint density at radius 2 is 1.67 bits per heavy atom. The van der Waals surface area contributed by atoms with Crippen LogP contribution in [0.3, 0.4) is 0 Å². The summed E-state index contributed by atoms with van der Waals surface area (Å²) < 4.78 is 5.77. The molecule has 0 spiro atoms. The highest BCUT2D eigenvalue weighted by Gasteiger charge is 2.17. The maximum atomic E-state index is 5.77. The van der Waals surface area contributed by atoms with Crippen molar-refractivity contribution in [2.75, 3.05) is 19.7 Å². The molecule has 2 nitrogen and oxygen atoms in total. The van der Waals surface area contributed by atoms with Crippen LogP contribution in [0.25, 0.3) is 0 Å². The fraction of sp³-hybridized carbons (Fsp3) is 1.00. The third kappa shape index (κ3) is 10.3. The molecule has 0 bridgehead atoms. The van der Waals surface area contributed by atoms with Crippen LogP contribution < -0.4 is 5.32 Å². The van der Waals surface area contributed by atoms with Crippen molar-refractivity contribution < 1.29 is 4.74 Å². The summed E-state index contributed by atoms with van der Waals surface area (Å²) in [6, 6.07) is 0. The Morgan fingerprint density at radius 3 is 2.38 bits per heavy atom. The Kier molecular flexibility index (Phi) is 11.3. The van der Waals surface area contributed by atoms with Gasteiger partial charge in [-0.2, -0.15) is 0 Å². The minimum atomic E-state index is 0.407. The van der Waals surface area contributed by atoms with E-state index in [1.54, 1.807) is 0 Å². The van der Waals surface area contributed by atoms with Gasteiger partial charge in [0.1, 0.15) is 0 Å². The SMILES string of the molecule is CCCCCCCC(C)CCCC(C)CC1C[N]CCO1. The van der Waals surface area contributed by atoms with E-state index < -0.39 is 0 Å². The number of rotatable bonds is 12. The molecule has 1 aliphatic heterocycles. The number of ether oxygens (including phenoxy) is 1. The molecule has 125 valence electrons. The molecule has 0 amide bonds. The van der Waals surface area contributed by atoms with Crippen LogP contribution in [0.2, 0.25) is 0 Å². The van der Waals surface area contributed by atoms with Crippen LogP contribution >= 0.6 is 0 Å². The highest BCUT2D eigenvalue weighted by atomic mass is 16.5. The largest absolute Gasteiger partial charge is 0.375 e. The van der Waals surface area contributed by atoms with Crippen LogP contribution in [0.5, 0.6) is 0 Å². The zero-order valence-corrected chi connectivity index (χ0v) is 14.8. The predicted molar refractivity (Wildman–Crippen MR) is 91.8 cm³/mol. The van der Waals surface area contributed by atoms with Crippen LogP contribution in [-0.2, 0) is 4.74 Å². The number of hydrogen-bond acceptors (Lipinski definition) is 1. The second kappa shape index (κ2) is 12.5. The summed E-state index contributed by atoms with van der Waals surface area (Å²) >= 11 is 0. The molecule has 3 atom stereocenters. The molecular formula is C19H38NO. The Bertz CT molecular complexity index is 226. The molecule has 21 heavy (non-hydrogen) atoms. The molecule has 3 unspecified atom stereocenters. The lowest BCUT2D eigenvalue weighted by atomic mass is 9.92. The lowest BCUT2D eigenvalue weighted by molar-refractivity contribution is 0.0125. The van der Waals surface area contributed by atoms with E-state index in [4.69, 9.17) is 4.74 Å². The molecule has 0 N–H and O–H groups in total. The normalized spacial score (nSPS) is 22.1. The first-order chi connectivity index (χ1) is 10.2. The monoisotopic (exact) mass is 296 g/mol. The lowest BCUT2D eigenvalue weighted by Gasteiger charge is -2.25. The molecule has 0 saturated carbocycles. The summed E-state index contributed by atoms with van der Waals surface area (Å²) in [7, 11) is 0. The van der Waals surface area contributed by atoms with Gasteiger partial charge < -0.3 is 4.74 Å². The second-order valence-electron chi connectivity index (χ2n) is 7.20. The summed E-state index contributed by atoms with van der Waals surface area (Å²) in [5.41, 5.74) is 0. The van der Waals surface area contributed by atoms with E-state index in [0.29, 0.717) is 6.10 Å². The Hall–Kier alpha value is -0.0800. The second-order valence-corrected chi connectivity index (χ2v) is 7.20. The fourth-order valence-corrected chi connectivity index (χ4v) is 3.34. The Balaban J connectivity index is 1.93. The molecule has 1 rings (SSSR count). The van der Waals surface area contributed by atoms with E-state index in [-0.39, 0.29) is 0 Å². The van der Waals surface area contributed by atoms with Gasteiger partial charge in [-0.3, -0.25) is 0 Å². The molecule has 1 fully saturated rings. The highest BCUT2D eigenvalue weighted by Crippen LogP contribution is 2.21. The van der Waals surface area contributed by atoms with Gasteiger partial charge in [0.25, 0.3) is 0 Å². The van der Waals surface area contributed by atoms with E-state index in [1.807, 2.05) is 0 Å². The van der Waals surface area contributed by atoms with Crippen LogP contribution in [-0.4, -0.2) is 25.8 Å². The third-order valence-electron chi connectivity index (χ3n) is 4.80. The standard InChI is InChI=1S/C19H38NO/c1-4-5-6-7-8-10-17(2)11-9-12-18(3)15-19-16-20-13-14-21-19/h17-19H,4-16H2,1-3H3. The predicted octanol–water partition coefficient (Wildman–Crippen LogP) is 5.18. The van der Waals surface area contributed by atoms with Gasteiger partial charge in [0, 0.05) is 13.1 Å². The fourth-order valence-electron chi connectivity index (χ4n) is 3.34. The first-order valence-electron chi connectivity index (χ1n) is 9.47. The van der Waals surface area contributed by atoms with E-state index in [2.05, 4.69) is 26.1 Å². The summed E-state index contributed by atoms with van der Waals surface area (Å²) in [5, 5.41) is 4.45. The smallest absolute Gasteiger partial charge is 0.0719 e. The van der Waals surface area contributed by atoms with Crippen molar-refractivity contribution in [2.45, 2.75) is 91.1 Å². The van der Waals surface area contributed by atoms with E-state index >= 15 is 0 Å².